The van der Waals surface area contributed by atoms with Gasteiger partial charge in [-0.05, 0) is 24.1 Å². The van der Waals surface area contributed by atoms with Crippen LogP contribution >= 0.6 is 0 Å². The molecular formula is C14H16N2O5. The third-order valence-electron chi connectivity index (χ3n) is 3.30. The Kier molecular flexibility index (Phi) is 4.42. The molecule has 0 unspecified atom stereocenters. The number of carbonyl (C=O) groups excluding carboxylic acids is 2. The first-order valence-corrected chi connectivity index (χ1v) is 6.56. The minimum Gasteiger partial charge on any atom is -0.508 e. The molecule has 2 amide bonds. The number of phenols is 1. The van der Waals surface area contributed by atoms with E-state index in [9.17, 15) is 24.6 Å². The highest BCUT2D eigenvalue weighted by molar-refractivity contribution is 5.92. The minimum atomic E-state index is -1.15. The lowest BCUT2D eigenvalue weighted by Gasteiger charge is -2.17. The molecule has 0 aliphatic carbocycles. The van der Waals surface area contributed by atoms with Crippen molar-refractivity contribution in [2.75, 3.05) is 0 Å². The summed E-state index contributed by atoms with van der Waals surface area (Å²) in [7, 11) is 0. The fourth-order valence-corrected chi connectivity index (χ4v) is 2.15. The third kappa shape index (κ3) is 3.95. The second-order valence-electron chi connectivity index (χ2n) is 4.93. The number of hydrogen-bond donors (Lipinski definition) is 4. The van der Waals surface area contributed by atoms with Gasteiger partial charge in [-0.25, -0.2) is 4.79 Å². The van der Waals surface area contributed by atoms with E-state index >= 15 is 0 Å². The van der Waals surface area contributed by atoms with Crippen molar-refractivity contribution in [2.45, 2.75) is 31.3 Å². The van der Waals surface area contributed by atoms with Gasteiger partial charge in [0.15, 0.2) is 0 Å². The molecule has 21 heavy (non-hydrogen) atoms. The molecule has 1 aromatic rings. The van der Waals surface area contributed by atoms with Crippen LogP contribution in [-0.2, 0) is 20.8 Å². The predicted octanol–water partition coefficient (Wildman–Crippen LogP) is -0.217. The molecule has 112 valence electrons. The van der Waals surface area contributed by atoms with Gasteiger partial charge in [0, 0.05) is 12.8 Å². The fourth-order valence-electron chi connectivity index (χ4n) is 2.15. The second-order valence-corrected chi connectivity index (χ2v) is 4.93. The summed E-state index contributed by atoms with van der Waals surface area (Å²) in [6.07, 6.45) is 0.742. The molecule has 0 spiro atoms. The summed E-state index contributed by atoms with van der Waals surface area (Å²) >= 11 is 0. The Morgan fingerprint density at radius 2 is 2.00 bits per heavy atom. The maximum atomic E-state index is 11.9. The molecule has 2 atom stereocenters. The molecule has 4 N–H and O–H groups in total. The summed E-state index contributed by atoms with van der Waals surface area (Å²) in [4.78, 5) is 34.2. The first-order chi connectivity index (χ1) is 9.95. The van der Waals surface area contributed by atoms with E-state index in [-0.39, 0.29) is 24.5 Å². The molecule has 0 radical (unpaired) electrons. The zero-order chi connectivity index (χ0) is 15.4. The summed E-state index contributed by atoms with van der Waals surface area (Å²) in [6, 6.07) is 4.34. The van der Waals surface area contributed by atoms with Crippen molar-refractivity contribution in [3.63, 3.8) is 0 Å². The average molecular weight is 292 g/mol. The van der Waals surface area contributed by atoms with Gasteiger partial charge >= 0.3 is 5.97 Å². The first kappa shape index (κ1) is 14.8. The van der Waals surface area contributed by atoms with Crippen LogP contribution in [0.3, 0.4) is 0 Å². The number of carbonyl (C=O) groups is 3. The van der Waals surface area contributed by atoms with Crippen LogP contribution in [0.5, 0.6) is 5.75 Å². The van der Waals surface area contributed by atoms with Gasteiger partial charge in [0.05, 0.1) is 0 Å². The smallest absolute Gasteiger partial charge is 0.326 e. The number of hydrogen-bond acceptors (Lipinski definition) is 4. The molecule has 0 saturated carbocycles. The summed E-state index contributed by atoms with van der Waals surface area (Å²) < 4.78 is 0. The fraction of sp³-hybridized carbons (Fsp3) is 0.357. The summed E-state index contributed by atoms with van der Waals surface area (Å²) in [5.41, 5.74) is 0.677. The number of benzene rings is 1. The highest BCUT2D eigenvalue weighted by Crippen LogP contribution is 2.12. The monoisotopic (exact) mass is 292 g/mol. The number of phenolic OH excluding ortho intramolecular Hbond substituents is 1. The Labute approximate surface area is 121 Å². The van der Waals surface area contributed by atoms with Crippen molar-refractivity contribution in [2.24, 2.45) is 0 Å². The summed E-state index contributed by atoms with van der Waals surface area (Å²) in [5.74, 6) is -1.77. The number of amides is 2. The van der Waals surface area contributed by atoms with Crippen LogP contribution in [0.4, 0.5) is 0 Å². The zero-order valence-corrected chi connectivity index (χ0v) is 11.2. The lowest BCUT2D eigenvalue weighted by molar-refractivity contribution is -0.142. The van der Waals surface area contributed by atoms with Gasteiger partial charge in [-0.15, -0.1) is 0 Å². The number of carboxylic acids is 1. The zero-order valence-electron chi connectivity index (χ0n) is 11.2. The van der Waals surface area contributed by atoms with Crippen molar-refractivity contribution < 1.29 is 24.6 Å². The summed E-state index contributed by atoms with van der Waals surface area (Å²) in [5, 5.41) is 23.3. The molecule has 0 aromatic heterocycles. The van der Waals surface area contributed by atoms with Gasteiger partial charge in [-0.1, -0.05) is 12.1 Å². The molecule has 1 fully saturated rings. The number of nitrogens with one attached hydrogen (secondary N) is 2. The van der Waals surface area contributed by atoms with Crippen LogP contribution in [0.25, 0.3) is 0 Å². The molecule has 1 saturated heterocycles. The third-order valence-corrected chi connectivity index (χ3v) is 3.30. The van der Waals surface area contributed by atoms with Gasteiger partial charge in [-0.2, -0.15) is 0 Å². The predicted molar refractivity (Wildman–Crippen MR) is 72.5 cm³/mol. The first-order valence-electron chi connectivity index (χ1n) is 6.56. The largest absolute Gasteiger partial charge is 0.508 e. The van der Waals surface area contributed by atoms with Crippen molar-refractivity contribution in [3.05, 3.63) is 29.8 Å². The van der Waals surface area contributed by atoms with E-state index in [0.29, 0.717) is 12.0 Å². The van der Waals surface area contributed by atoms with E-state index in [4.69, 9.17) is 0 Å². The number of aromatic hydroxyl groups is 1. The van der Waals surface area contributed by atoms with E-state index in [2.05, 4.69) is 10.6 Å². The van der Waals surface area contributed by atoms with E-state index in [1.165, 1.54) is 12.1 Å². The molecule has 2 rings (SSSR count). The van der Waals surface area contributed by atoms with Crippen LogP contribution in [0.1, 0.15) is 18.4 Å². The average Bonchev–Trinajstić information content (AvgIpc) is 2.87. The highest BCUT2D eigenvalue weighted by atomic mass is 16.4. The van der Waals surface area contributed by atoms with Crippen molar-refractivity contribution in [3.8, 4) is 5.75 Å². The van der Waals surface area contributed by atoms with Gasteiger partial charge in [0.25, 0.3) is 0 Å². The maximum absolute atomic E-state index is 11.9. The van der Waals surface area contributed by atoms with Crippen LogP contribution in [0, 0.1) is 0 Å². The van der Waals surface area contributed by atoms with Gasteiger partial charge in [0.2, 0.25) is 11.8 Å². The van der Waals surface area contributed by atoms with E-state index in [0.717, 1.165) is 0 Å². The Morgan fingerprint density at radius 3 is 2.52 bits per heavy atom. The maximum Gasteiger partial charge on any atom is 0.326 e. The van der Waals surface area contributed by atoms with Crippen LogP contribution < -0.4 is 10.6 Å². The van der Waals surface area contributed by atoms with Gasteiger partial charge < -0.3 is 20.8 Å². The van der Waals surface area contributed by atoms with Gasteiger partial charge in [0.1, 0.15) is 17.8 Å². The van der Waals surface area contributed by atoms with E-state index < -0.39 is 24.0 Å². The number of carboxylic acid groups (broad SMARTS) is 1. The topological polar surface area (TPSA) is 116 Å². The summed E-state index contributed by atoms with van der Waals surface area (Å²) in [6.45, 7) is 0. The Bertz CT molecular complexity index is 555. The molecule has 0 bridgehead atoms. The van der Waals surface area contributed by atoms with Crippen molar-refractivity contribution >= 4 is 17.8 Å². The Morgan fingerprint density at radius 1 is 1.33 bits per heavy atom. The van der Waals surface area contributed by atoms with Gasteiger partial charge in [-0.3, -0.25) is 9.59 Å². The molecule has 1 aliphatic heterocycles. The standard InChI is InChI=1S/C14H16N2O5/c17-9-3-1-8(2-4-9)7-11(14(20)21)16-13(19)10-5-6-12(18)15-10/h1-4,10-11,17H,5-7H2,(H,15,18)(H,16,19)(H,20,21)/t10-,11+/m1/s1. The molecule has 7 heteroatoms. The van der Waals surface area contributed by atoms with E-state index in [1.54, 1.807) is 12.1 Å². The van der Waals surface area contributed by atoms with Crippen molar-refractivity contribution in [1.29, 1.82) is 0 Å². The number of rotatable bonds is 5. The molecule has 1 aliphatic rings. The normalized spacial score (nSPS) is 18.9. The molecule has 1 aromatic carbocycles. The van der Waals surface area contributed by atoms with Crippen LogP contribution in [0.15, 0.2) is 24.3 Å². The molecular weight excluding hydrogens is 276 g/mol. The highest BCUT2D eigenvalue weighted by Gasteiger charge is 2.30. The number of aliphatic carboxylic acids is 1. The molecule has 1 heterocycles. The lowest BCUT2D eigenvalue weighted by Crippen LogP contribution is -2.49. The SMILES string of the molecule is O=C1CC[C@H](C(=O)N[C@@H](Cc2ccc(O)cc2)C(=O)O)N1. The minimum absolute atomic E-state index is 0.0864. The second kappa shape index (κ2) is 6.25. The van der Waals surface area contributed by atoms with Crippen LogP contribution in [0.2, 0.25) is 0 Å². The van der Waals surface area contributed by atoms with Crippen molar-refractivity contribution in [1.82, 2.24) is 10.6 Å². The Hall–Kier alpha value is -2.57. The van der Waals surface area contributed by atoms with E-state index in [1.807, 2.05) is 0 Å². The Balaban J connectivity index is 1.99. The molecule has 7 nitrogen and oxygen atoms in total. The van der Waals surface area contributed by atoms with Crippen LogP contribution in [-0.4, -0.2) is 40.1 Å². The lowest BCUT2D eigenvalue weighted by atomic mass is 10.1. The quantitative estimate of drug-likeness (QED) is 0.599.